The highest BCUT2D eigenvalue weighted by Gasteiger charge is 2.25. The molecule has 0 fully saturated rings. The van der Waals surface area contributed by atoms with Crippen molar-refractivity contribution >= 4 is 19.8 Å². The predicted octanol–water partition coefficient (Wildman–Crippen LogP) is 11.9. The number of phosphoric acid groups is 1. The number of hydrogen-bond acceptors (Lipinski definition) is 8. The van der Waals surface area contributed by atoms with Crippen LogP contribution in [-0.4, -0.2) is 49.3 Å². The first-order valence-corrected chi connectivity index (χ1v) is 22.6. The smallest absolute Gasteiger partial charge is 0.462 e. The Morgan fingerprint density at radius 2 is 1.00 bits per heavy atom. The molecule has 9 nitrogen and oxygen atoms in total. The highest BCUT2D eigenvalue weighted by atomic mass is 31.2. The summed E-state index contributed by atoms with van der Waals surface area (Å²) in [6, 6.07) is 0. The molecule has 0 aromatic carbocycles. The third-order valence-corrected chi connectivity index (χ3v) is 9.67. The number of carbonyl (C=O) groups excluding carboxylic acids is 2. The van der Waals surface area contributed by atoms with Crippen LogP contribution in [0.2, 0.25) is 0 Å². The van der Waals surface area contributed by atoms with Gasteiger partial charge in [0, 0.05) is 19.4 Å². The fourth-order valence-electron chi connectivity index (χ4n) is 5.53. The average Bonchev–Trinajstić information content (AvgIpc) is 3.14. The van der Waals surface area contributed by atoms with E-state index in [1.165, 1.54) is 96.3 Å². The SMILES string of the molecule is CCCCCCCC/C=C/C/C=C/C/C=C/CCCC(=O)OC[C@H](COP(=O)(O)OCCN)OC(=O)CCCC/C=C/CCCCCCCCCCC. The largest absolute Gasteiger partial charge is 0.472 e. The maximum absolute atomic E-state index is 12.5. The Labute approximate surface area is 324 Å². The van der Waals surface area contributed by atoms with Gasteiger partial charge in [-0.15, -0.1) is 0 Å². The maximum Gasteiger partial charge on any atom is 0.472 e. The summed E-state index contributed by atoms with van der Waals surface area (Å²) >= 11 is 0. The first-order chi connectivity index (χ1) is 25.8. The minimum Gasteiger partial charge on any atom is -0.462 e. The Morgan fingerprint density at radius 3 is 1.53 bits per heavy atom. The quantitative estimate of drug-likeness (QED) is 0.0271. The van der Waals surface area contributed by atoms with E-state index in [1.54, 1.807) is 0 Å². The van der Waals surface area contributed by atoms with Gasteiger partial charge in [0.1, 0.15) is 6.61 Å². The monoisotopic (exact) mass is 768 g/mol. The van der Waals surface area contributed by atoms with E-state index in [1.807, 2.05) is 0 Å². The molecule has 0 bridgehead atoms. The molecule has 0 aliphatic rings. The number of carbonyl (C=O) groups is 2. The van der Waals surface area contributed by atoms with Crippen molar-refractivity contribution in [1.29, 1.82) is 0 Å². The van der Waals surface area contributed by atoms with Gasteiger partial charge in [-0.25, -0.2) is 4.57 Å². The zero-order valence-electron chi connectivity index (χ0n) is 33.7. The maximum atomic E-state index is 12.5. The summed E-state index contributed by atoms with van der Waals surface area (Å²) < 4.78 is 32.6. The third kappa shape index (κ3) is 39.5. The summed E-state index contributed by atoms with van der Waals surface area (Å²) in [6.45, 7) is 3.64. The Balaban J connectivity index is 4.29. The van der Waals surface area contributed by atoms with Gasteiger partial charge in [-0.2, -0.15) is 0 Å². The van der Waals surface area contributed by atoms with Crippen molar-refractivity contribution in [2.75, 3.05) is 26.4 Å². The molecule has 3 N–H and O–H groups in total. The molecule has 0 saturated carbocycles. The Morgan fingerprint density at radius 1 is 0.566 bits per heavy atom. The molecular weight excluding hydrogens is 689 g/mol. The summed E-state index contributed by atoms with van der Waals surface area (Å²) in [6.07, 6.45) is 44.4. The van der Waals surface area contributed by atoms with Crippen LogP contribution in [0.5, 0.6) is 0 Å². The molecule has 53 heavy (non-hydrogen) atoms. The van der Waals surface area contributed by atoms with Crippen LogP contribution in [0.15, 0.2) is 48.6 Å². The molecule has 0 aliphatic carbocycles. The van der Waals surface area contributed by atoms with E-state index in [4.69, 9.17) is 24.3 Å². The molecule has 0 aliphatic heterocycles. The Bertz CT molecular complexity index is 1010. The van der Waals surface area contributed by atoms with E-state index in [9.17, 15) is 19.0 Å². The lowest BCUT2D eigenvalue weighted by atomic mass is 10.1. The lowest BCUT2D eigenvalue weighted by Gasteiger charge is -2.19. The van der Waals surface area contributed by atoms with E-state index in [-0.39, 0.29) is 32.6 Å². The first kappa shape index (κ1) is 51.0. The van der Waals surface area contributed by atoms with Crippen LogP contribution < -0.4 is 5.73 Å². The van der Waals surface area contributed by atoms with Crippen LogP contribution in [0, 0.1) is 0 Å². The molecule has 0 radical (unpaired) electrons. The van der Waals surface area contributed by atoms with Crippen LogP contribution >= 0.6 is 7.82 Å². The van der Waals surface area contributed by atoms with Gasteiger partial charge in [-0.1, -0.05) is 146 Å². The molecule has 0 amide bonds. The molecule has 0 spiro atoms. The molecular formula is C43H78NO8P. The van der Waals surface area contributed by atoms with Crippen LogP contribution in [0.3, 0.4) is 0 Å². The first-order valence-electron chi connectivity index (χ1n) is 21.1. The predicted molar refractivity (Wildman–Crippen MR) is 220 cm³/mol. The second kappa shape index (κ2) is 39.7. The molecule has 308 valence electrons. The number of nitrogens with two attached hydrogens (primary N) is 1. The number of phosphoric ester groups is 1. The molecule has 0 rings (SSSR count). The normalized spacial score (nSPS) is 13.8. The van der Waals surface area contributed by atoms with Crippen molar-refractivity contribution < 1.29 is 37.6 Å². The standard InChI is InChI=1S/C43H78NO8P/c1-3-5-7-9-11-13-15-17-19-20-22-23-25-27-29-31-33-35-42(45)49-39-41(40-51-53(47,48)50-38-37-44)52-43(46)36-34-32-30-28-26-24-21-18-16-14-12-10-8-6-4-2/h17,19,22-23,26-29,41H,3-16,18,20-21,24-25,30-40,44H2,1-2H3,(H,47,48)/b19-17+,23-22+,28-26+,29-27+/t41-/m1/s1. The lowest BCUT2D eigenvalue weighted by molar-refractivity contribution is -0.161. The van der Waals surface area contributed by atoms with Crippen LogP contribution in [0.1, 0.15) is 181 Å². The topological polar surface area (TPSA) is 134 Å². The van der Waals surface area contributed by atoms with E-state index in [2.05, 4.69) is 62.5 Å². The van der Waals surface area contributed by atoms with E-state index >= 15 is 0 Å². The van der Waals surface area contributed by atoms with Gasteiger partial charge in [0.2, 0.25) is 0 Å². The van der Waals surface area contributed by atoms with E-state index in [0.717, 1.165) is 44.9 Å². The van der Waals surface area contributed by atoms with Gasteiger partial charge in [0.15, 0.2) is 6.10 Å². The second-order valence-electron chi connectivity index (χ2n) is 13.8. The summed E-state index contributed by atoms with van der Waals surface area (Å²) in [5.41, 5.74) is 5.34. The Kier molecular flexibility index (Phi) is 38.1. The van der Waals surface area contributed by atoms with Crippen molar-refractivity contribution in [2.24, 2.45) is 5.73 Å². The minimum absolute atomic E-state index is 0.0429. The summed E-state index contributed by atoms with van der Waals surface area (Å²) in [7, 11) is -4.39. The average molecular weight is 768 g/mol. The molecule has 0 heterocycles. The van der Waals surface area contributed by atoms with Crippen molar-refractivity contribution in [3.8, 4) is 0 Å². The number of allylic oxidation sites excluding steroid dienone is 8. The fourth-order valence-corrected chi connectivity index (χ4v) is 6.29. The number of esters is 2. The van der Waals surface area contributed by atoms with E-state index < -0.39 is 32.5 Å². The van der Waals surface area contributed by atoms with Gasteiger partial charge >= 0.3 is 19.8 Å². The number of rotatable bonds is 39. The second-order valence-corrected chi connectivity index (χ2v) is 15.3. The fraction of sp³-hybridized carbons (Fsp3) is 0.767. The zero-order valence-corrected chi connectivity index (χ0v) is 34.6. The van der Waals surface area contributed by atoms with Gasteiger partial charge in [-0.3, -0.25) is 18.6 Å². The molecule has 0 aromatic heterocycles. The third-order valence-electron chi connectivity index (χ3n) is 8.69. The van der Waals surface area contributed by atoms with Crippen LogP contribution in [-0.2, 0) is 32.7 Å². The Hall–Kier alpha value is -2.03. The van der Waals surface area contributed by atoms with Crippen molar-refractivity contribution in [3.05, 3.63) is 48.6 Å². The summed E-state index contributed by atoms with van der Waals surface area (Å²) in [4.78, 5) is 34.8. The van der Waals surface area contributed by atoms with Gasteiger partial charge < -0.3 is 20.1 Å². The van der Waals surface area contributed by atoms with Crippen molar-refractivity contribution in [3.63, 3.8) is 0 Å². The molecule has 2 atom stereocenters. The highest BCUT2D eigenvalue weighted by molar-refractivity contribution is 7.47. The van der Waals surface area contributed by atoms with Gasteiger partial charge in [-0.05, 0) is 70.6 Å². The van der Waals surface area contributed by atoms with Gasteiger partial charge in [0.05, 0.1) is 13.2 Å². The van der Waals surface area contributed by atoms with Crippen molar-refractivity contribution in [2.45, 2.75) is 187 Å². The van der Waals surface area contributed by atoms with Gasteiger partial charge in [0.25, 0.3) is 0 Å². The minimum atomic E-state index is -4.39. The lowest BCUT2D eigenvalue weighted by Crippen LogP contribution is -2.29. The highest BCUT2D eigenvalue weighted by Crippen LogP contribution is 2.43. The molecule has 0 saturated heterocycles. The van der Waals surface area contributed by atoms with Crippen molar-refractivity contribution in [1.82, 2.24) is 0 Å². The van der Waals surface area contributed by atoms with Crippen LogP contribution in [0.4, 0.5) is 0 Å². The summed E-state index contributed by atoms with van der Waals surface area (Å²) in [5, 5.41) is 0. The summed E-state index contributed by atoms with van der Waals surface area (Å²) in [5.74, 6) is -0.916. The molecule has 10 heteroatoms. The van der Waals surface area contributed by atoms with Crippen LogP contribution in [0.25, 0.3) is 0 Å². The number of ether oxygens (including phenoxy) is 2. The van der Waals surface area contributed by atoms with E-state index in [0.29, 0.717) is 12.8 Å². The number of hydrogen-bond donors (Lipinski definition) is 2. The number of unbranched alkanes of at least 4 members (excludes halogenated alkanes) is 18. The molecule has 1 unspecified atom stereocenters. The molecule has 0 aromatic rings. The zero-order chi connectivity index (χ0) is 38.9.